The molecule has 5 heteroatoms. The minimum absolute atomic E-state index is 0.276. The molecule has 5 nitrogen and oxygen atoms in total. The standard InChI is InChI=1S/C12H16N4O/c1-9-2-3-15-12(11(9)6-13)16-7-10-8-17-5-4-14-10/h2-3,10,14H,4-5,7-8H2,1H3,(H,15,16). The van der Waals surface area contributed by atoms with Gasteiger partial charge in [-0.2, -0.15) is 5.26 Å². The van der Waals surface area contributed by atoms with Crippen LogP contribution in [0.1, 0.15) is 11.1 Å². The molecule has 1 saturated heterocycles. The second-order valence-electron chi connectivity index (χ2n) is 4.07. The first-order chi connectivity index (χ1) is 8.31. The van der Waals surface area contributed by atoms with Gasteiger partial charge < -0.3 is 15.4 Å². The maximum atomic E-state index is 9.07. The maximum absolute atomic E-state index is 9.07. The fraction of sp³-hybridized carbons (Fsp3) is 0.500. The molecule has 1 unspecified atom stereocenters. The third-order valence-electron chi connectivity index (χ3n) is 2.79. The predicted octanol–water partition coefficient (Wildman–Crippen LogP) is 0.662. The lowest BCUT2D eigenvalue weighted by Crippen LogP contribution is -2.45. The van der Waals surface area contributed by atoms with Crippen molar-refractivity contribution in [3.63, 3.8) is 0 Å². The van der Waals surface area contributed by atoms with Gasteiger partial charge in [0.15, 0.2) is 0 Å². The van der Waals surface area contributed by atoms with E-state index in [0.717, 1.165) is 18.7 Å². The van der Waals surface area contributed by atoms with Crippen LogP contribution < -0.4 is 10.6 Å². The van der Waals surface area contributed by atoms with E-state index < -0.39 is 0 Å². The minimum Gasteiger partial charge on any atom is -0.378 e. The van der Waals surface area contributed by atoms with Crippen molar-refractivity contribution in [1.82, 2.24) is 10.3 Å². The van der Waals surface area contributed by atoms with Crippen molar-refractivity contribution >= 4 is 5.82 Å². The quantitative estimate of drug-likeness (QED) is 0.801. The van der Waals surface area contributed by atoms with Crippen molar-refractivity contribution in [2.45, 2.75) is 13.0 Å². The number of aromatic nitrogens is 1. The van der Waals surface area contributed by atoms with Crippen LogP contribution in [0, 0.1) is 18.3 Å². The van der Waals surface area contributed by atoms with E-state index >= 15 is 0 Å². The lowest BCUT2D eigenvalue weighted by Gasteiger charge is -2.24. The van der Waals surface area contributed by atoms with Crippen LogP contribution in [0.5, 0.6) is 0 Å². The molecule has 2 rings (SSSR count). The molecule has 1 fully saturated rings. The molecule has 1 aliphatic heterocycles. The molecule has 90 valence electrons. The predicted molar refractivity (Wildman–Crippen MR) is 64.8 cm³/mol. The summed E-state index contributed by atoms with van der Waals surface area (Å²) < 4.78 is 5.36. The molecule has 2 heterocycles. The Morgan fingerprint density at radius 3 is 3.29 bits per heavy atom. The Labute approximate surface area is 101 Å². The summed E-state index contributed by atoms with van der Waals surface area (Å²) in [4.78, 5) is 4.19. The summed E-state index contributed by atoms with van der Waals surface area (Å²) in [6.45, 7) is 4.96. The summed E-state index contributed by atoms with van der Waals surface area (Å²) >= 11 is 0. The molecule has 1 aromatic heterocycles. The summed E-state index contributed by atoms with van der Waals surface area (Å²) in [6.07, 6.45) is 1.71. The second kappa shape index (κ2) is 5.62. The number of rotatable bonds is 3. The van der Waals surface area contributed by atoms with Gasteiger partial charge in [-0.3, -0.25) is 0 Å². The number of hydrogen-bond acceptors (Lipinski definition) is 5. The molecule has 0 amide bonds. The van der Waals surface area contributed by atoms with E-state index in [4.69, 9.17) is 10.00 Å². The van der Waals surface area contributed by atoms with Gasteiger partial charge in [0.2, 0.25) is 0 Å². The number of pyridine rings is 1. The first kappa shape index (κ1) is 11.8. The zero-order valence-corrected chi connectivity index (χ0v) is 9.86. The third kappa shape index (κ3) is 2.93. The van der Waals surface area contributed by atoms with E-state index in [-0.39, 0.29) is 6.04 Å². The Kier molecular flexibility index (Phi) is 3.91. The largest absolute Gasteiger partial charge is 0.378 e. The van der Waals surface area contributed by atoms with Crippen molar-refractivity contribution in [2.75, 3.05) is 31.6 Å². The highest BCUT2D eigenvalue weighted by atomic mass is 16.5. The van der Waals surface area contributed by atoms with Crippen molar-refractivity contribution < 1.29 is 4.74 Å². The molecule has 0 aliphatic carbocycles. The molecule has 0 spiro atoms. The summed E-state index contributed by atoms with van der Waals surface area (Å²) in [5.41, 5.74) is 1.56. The third-order valence-corrected chi connectivity index (χ3v) is 2.79. The van der Waals surface area contributed by atoms with E-state index in [9.17, 15) is 0 Å². The van der Waals surface area contributed by atoms with Crippen molar-refractivity contribution in [2.24, 2.45) is 0 Å². The van der Waals surface area contributed by atoms with Crippen LogP contribution in [0.2, 0.25) is 0 Å². The van der Waals surface area contributed by atoms with E-state index in [0.29, 0.717) is 24.5 Å². The number of hydrogen-bond donors (Lipinski definition) is 2. The number of nitriles is 1. The van der Waals surface area contributed by atoms with Crippen LogP contribution in [0.3, 0.4) is 0 Å². The number of nitrogens with one attached hydrogen (secondary N) is 2. The maximum Gasteiger partial charge on any atom is 0.144 e. The average Bonchev–Trinajstić information content (AvgIpc) is 2.37. The van der Waals surface area contributed by atoms with Crippen LogP contribution >= 0.6 is 0 Å². The fourth-order valence-corrected chi connectivity index (χ4v) is 1.80. The second-order valence-corrected chi connectivity index (χ2v) is 4.07. The monoisotopic (exact) mass is 232 g/mol. The van der Waals surface area contributed by atoms with Gasteiger partial charge in [-0.25, -0.2) is 4.98 Å². The van der Waals surface area contributed by atoms with Gasteiger partial charge >= 0.3 is 0 Å². The molecule has 1 atom stereocenters. The molecule has 17 heavy (non-hydrogen) atoms. The van der Waals surface area contributed by atoms with E-state index in [1.54, 1.807) is 6.20 Å². The van der Waals surface area contributed by atoms with Crippen LogP contribution in [0.4, 0.5) is 5.82 Å². The zero-order valence-electron chi connectivity index (χ0n) is 9.86. The molecule has 1 aromatic rings. The van der Waals surface area contributed by atoms with Crippen LogP contribution in [-0.2, 0) is 4.74 Å². The summed E-state index contributed by atoms with van der Waals surface area (Å²) in [5, 5.41) is 15.6. The van der Waals surface area contributed by atoms with Gasteiger partial charge in [-0.05, 0) is 18.6 Å². The number of anilines is 1. The Hall–Kier alpha value is -1.64. The first-order valence-electron chi connectivity index (χ1n) is 5.72. The van der Waals surface area contributed by atoms with Crippen molar-refractivity contribution in [3.8, 4) is 6.07 Å². The molecule has 2 N–H and O–H groups in total. The highest BCUT2D eigenvalue weighted by molar-refractivity contribution is 5.55. The van der Waals surface area contributed by atoms with E-state index in [1.807, 2.05) is 13.0 Å². The first-order valence-corrected chi connectivity index (χ1v) is 5.72. The Morgan fingerprint density at radius 1 is 1.71 bits per heavy atom. The van der Waals surface area contributed by atoms with Crippen LogP contribution in [0.25, 0.3) is 0 Å². The van der Waals surface area contributed by atoms with Gasteiger partial charge in [-0.15, -0.1) is 0 Å². The van der Waals surface area contributed by atoms with Gasteiger partial charge in [0, 0.05) is 25.3 Å². The Balaban J connectivity index is 1.99. The van der Waals surface area contributed by atoms with Crippen LogP contribution in [0.15, 0.2) is 12.3 Å². The summed E-state index contributed by atoms with van der Waals surface area (Å²) in [7, 11) is 0. The lowest BCUT2D eigenvalue weighted by atomic mass is 10.1. The van der Waals surface area contributed by atoms with Gasteiger partial charge in [0.05, 0.1) is 18.8 Å². The molecule has 1 aliphatic rings. The highest BCUT2D eigenvalue weighted by Gasteiger charge is 2.14. The minimum atomic E-state index is 0.276. The number of ether oxygens (including phenoxy) is 1. The van der Waals surface area contributed by atoms with Gasteiger partial charge in [-0.1, -0.05) is 0 Å². The molecule has 0 radical (unpaired) electrons. The molecule has 0 saturated carbocycles. The van der Waals surface area contributed by atoms with Crippen LogP contribution in [-0.4, -0.2) is 37.3 Å². The average molecular weight is 232 g/mol. The van der Waals surface area contributed by atoms with E-state index in [1.165, 1.54) is 0 Å². The van der Waals surface area contributed by atoms with E-state index in [2.05, 4.69) is 21.7 Å². The Bertz CT molecular complexity index is 421. The lowest BCUT2D eigenvalue weighted by molar-refractivity contribution is 0.0806. The summed E-state index contributed by atoms with van der Waals surface area (Å²) in [6, 6.07) is 4.29. The normalized spacial score (nSPS) is 19.6. The van der Waals surface area contributed by atoms with Gasteiger partial charge in [0.1, 0.15) is 11.9 Å². The van der Waals surface area contributed by atoms with Gasteiger partial charge in [0.25, 0.3) is 0 Å². The fourth-order valence-electron chi connectivity index (χ4n) is 1.80. The molecule has 0 bridgehead atoms. The highest BCUT2D eigenvalue weighted by Crippen LogP contribution is 2.14. The molecular formula is C12H16N4O. The molecular weight excluding hydrogens is 216 g/mol. The van der Waals surface area contributed by atoms with Crippen molar-refractivity contribution in [3.05, 3.63) is 23.4 Å². The molecule has 0 aromatic carbocycles. The SMILES string of the molecule is Cc1ccnc(NCC2COCCN2)c1C#N. The van der Waals surface area contributed by atoms with Crippen molar-refractivity contribution in [1.29, 1.82) is 5.26 Å². The zero-order chi connectivity index (χ0) is 12.1. The smallest absolute Gasteiger partial charge is 0.144 e. The Morgan fingerprint density at radius 2 is 2.59 bits per heavy atom. The number of morpholine rings is 1. The number of nitrogens with zero attached hydrogens (tertiary/aromatic N) is 2. The topological polar surface area (TPSA) is 70.0 Å². The number of aryl methyl sites for hydroxylation is 1. The summed E-state index contributed by atoms with van der Waals surface area (Å²) in [5.74, 6) is 0.653.